The summed E-state index contributed by atoms with van der Waals surface area (Å²) in [5.41, 5.74) is -0.364. The Balaban J connectivity index is 1.63. The Morgan fingerprint density at radius 1 is 1.26 bits per heavy atom. The number of carbonyl (C=O) groups is 1. The van der Waals surface area contributed by atoms with E-state index in [1.165, 1.54) is 0 Å². The number of piperidine rings is 1. The molecule has 3 rings (SSSR count). The number of unbranched alkanes of at least 4 members (excludes halogenated alkanes) is 2. The van der Waals surface area contributed by atoms with Crippen molar-refractivity contribution in [3.63, 3.8) is 0 Å². The Hall–Kier alpha value is -1.75. The van der Waals surface area contributed by atoms with E-state index in [1.54, 1.807) is 0 Å². The SMILES string of the molecule is CCCCCC1(C(=O)OCC)CCCN(CC2COc3ccccc3O2)C1. The average Bonchev–Trinajstić information content (AvgIpc) is 2.68. The summed E-state index contributed by atoms with van der Waals surface area (Å²) >= 11 is 0. The highest BCUT2D eigenvalue weighted by Gasteiger charge is 2.43. The van der Waals surface area contributed by atoms with E-state index < -0.39 is 0 Å². The third kappa shape index (κ3) is 4.95. The molecule has 2 unspecified atom stereocenters. The molecule has 5 heteroatoms. The van der Waals surface area contributed by atoms with Crippen LogP contribution in [0.5, 0.6) is 11.5 Å². The number of hydrogen-bond donors (Lipinski definition) is 0. The van der Waals surface area contributed by atoms with Gasteiger partial charge in [-0.1, -0.05) is 38.3 Å². The van der Waals surface area contributed by atoms with E-state index >= 15 is 0 Å². The number of fused-ring (bicyclic) bond motifs is 1. The predicted octanol–water partition coefficient (Wildman–Crippen LogP) is 4.05. The van der Waals surface area contributed by atoms with Gasteiger partial charge in [0.1, 0.15) is 12.7 Å². The molecule has 0 saturated carbocycles. The second kappa shape index (κ2) is 9.45. The van der Waals surface area contributed by atoms with E-state index in [1.807, 2.05) is 31.2 Å². The fourth-order valence-electron chi connectivity index (χ4n) is 4.29. The molecular weight excluding hydrogens is 342 g/mol. The maximum atomic E-state index is 12.8. The van der Waals surface area contributed by atoms with Crippen molar-refractivity contribution in [1.82, 2.24) is 4.90 Å². The zero-order chi connectivity index (χ0) is 19.1. The lowest BCUT2D eigenvalue weighted by molar-refractivity contribution is -0.160. The second-order valence-corrected chi connectivity index (χ2v) is 7.79. The zero-order valence-corrected chi connectivity index (χ0v) is 16.7. The van der Waals surface area contributed by atoms with Gasteiger partial charge in [-0.05, 0) is 44.9 Å². The van der Waals surface area contributed by atoms with Crippen molar-refractivity contribution in [3.8, 4) is 11.5 Å². The lowest BCUT2D eigenvalue weighted by Crippen LogP contribution is -2.52. The number of nitrogens with zero attached hydrogens (tertiary/aromatic N) is 1. The molecule has 0 aromatic heterocycles. The zero-order valence-electron chi connectivity index (χ0n) is 16.7. The first-order valence-corrected chi connectivity index (χ1v) is 10.4. The minimum Gasteiger partial charge on any atom is -0.486 e. The van der Waals surface area contributed by atoms with Crippen LogP contribution in [-0.4, -0.2) is 49.8 Å². The van der Waals surface area contributed by atoms with Crippen LogP contribution in [-0.2, 0) is 9.53 Å². The summed E-state index contributed by atoms with van der Waals surface area (Å²) in [6.07, 6.45) is 6.27. The van der Waals surface area contributed by atoms with E-state index in [0.29, 0.717) is 13.2 Å². The molecule has 5 nitrogen and oxygen atoms in total. The molecule has 1 fully saturated rings. The number of para-hydroxylation sites is 2. The Morgan fingerprint density at radius 3 is 2.85 bits per heavy atom. The number of rotatable bonds is 8. The molecule has 150 valence electrons. The van der Waals surface area contributed by atoms with Crippen LogP contribution in [0, 0.1) is 5.41 Å². The van der Waals surface area contributed by atoms with Crippen molar-refractivity contribution in [2.24, 2.45) is 5.41 Å². The van der Waals surface area contributed by atoms with Crippen molar-refractivity contribution < 1.29 is 19.0 Å². The Bertz CT molecular complexity index is 620. The Kier molecular flexibility index (Phi) is 7.00. The topological polar surface area (TPSA) is 48.0 Å². The molecule has 2 heterocycles. The first-order chi connectivity index (χ1) is 13.2. The number of ether oxygens (including phenoxy) is 3. The van der Waals surface area contributed by atoms with Crippen molar-refractivity contribution in [2.45, 2.75) is 58.5 Å². The predicted molar refractivity (Wildman–Crippen MR) is 105 cm³/mol. The summed E-state index contributed by atoms with van der Waals surface area (Å²) in [5.74, 6) is 1.61. The van der Waals surface area contributed by atoms with E-state index in [-0.39, 0.29) is 17.5 Å². The normalized spacial score (nSPS) is 25.2. The summed E-state index contributed by atoms with van der Waals surface area (Å²) in [7, 11) is 0. The minimum absolute atomic E-state index is 0.00598. The van der Waals surface area contributed by atoms with E-state index in [4.69, 9.17) is 14.2 Å². The van der Waals surface area contributed by atoms with Crippen LogP contribution in [0.4, 0.5) is 0 Å². The second-order valence-electron chi connectivity index (χ2n) is 7.79. The molecule has 1 saturated heterocycles. The van der Waals surface area contributed by atoms with Crippen molar-refractivity contribution in [3.05, 3.63) is 24.3 Å². The lowest BCUT2D eigenvalue weighted by Gasteiger charge is -2.42. The third-order valence-electron chi connectivity index (χ3n) is 5.65. The maximum absolute atomic E-state index is 12.8. The van der Waals surface area contributed by atoms with Gasteiger partial charge >= 0.3 is 5.97 Å². The van der Waals surface area contributed by atoms with Crippen LogP contribution in [0.3, 0.4) is 0 Å². The van der Waals surface area contributed by atoms with Gasteiger partial charge < -0.3 is 14.2 Å². The molecule has 0 radical (unpaired) electrons. The number of carbonyl (C=O) groups excluding carboxylic acids is 1. The summed E-state index contributed by atoms with van der Waals surface area (Å²) in [6, 6.07) is 7.81. The number of esters is 1. The smallest absolute Gasteiger partial charge is 0.313 e. The number of benzene rings is 1. The summed E-state index contributed by atoms with van der Waals surface area (Å²) in [5, 5.41) is 0. The number of likely N-dealkylation sites (tertiary alicyclic amines) is 1. The van der Waals surface area contributed by atoms with Gasteiger partial charge in [-0.3, -0.25) is 9.69 Å². The standard InChI is InChI=1S/C22H33NO4/c1-3-5-8-12-22(21(24)25-4-2)13-9-14-23(17-22)15-18-16-26-19-10-6-7-11-20(19)27-18/h6-7,10-11,18H,3-5,8-9,12-17H2,1-2H3. The fraction of sp³-hybridized carbons (Fsp3) is 0.682. The van der Waals surface area contributed by atoms with Gasteiger partial charge in [0, 0.05) is 13.1 Å². The maximum Gasteiger partial charge on any atom is 0.313 e. The van der Waals surface area contributed by atoms with Gasteiger partial charge in [0.25, 0.3) is 0 Å². The van der Waals surface area contributed by atoms with Crippen LogP contribution >= 0.6 is 0 Å². The van der Waals surface area contributed by atoms with Crippen molar-refractivity contribution in [2.75, 3.05) is 32.8 Å². The number of hydrogen-bond acceptors (Lipinski definition) is 5. The van der Waals surface area contributed by atoms with Crippen molar-refractivity contribution >= 4 is 5.97 Å². The summed E-state index contributed by atoms with van der Waals surface area (Å²) in [6.45, 7) is 7.63. The van der Waals surface area contributed by atoms with Gasteiger partial charge in [0.15, 0.2) is 11.5 Å². The fourth-order valence-corrected chi connectivity index (χ4v) is 4.29. The van der Waals surface area contributed by atoms with Gasteiger partial charge in [0.05, 0.1) is 12.0 Å². The van der Waals surface area contributed by atoms with Crippen LogP contribution in [0.1, 0.15) is 52.4 Å². The van der Waals surface area contributed by atoms with Gasteiger partial charge in [-0.15, -0.1) is 0 Å². The molecule has 1 aromatic rings. The molecule has 1 aromatic carbocycles. The molecule has 2 atom stereocenters. The third-order valence-corrected chi connectivity index (χ3v) is 5.65. The average molecular weight is 376 g/mol. The lowest BCUT2D eigenvalue weighted by atomic mass is 9.75. The van der Waals surface area contributed by atoms with Gasteiger partial charge in [-0.2, -0.15) is 0 Å². The first-order valence-electron chi connectivity index (χ1n) is 10.4. The summed E-state index contributed by atoms with van der Waals surface area (Å²) in [4.78, 5) is 15.2. The Morgan fingerprint density at radius 2 is 2.07 bits per heavy atom. The molecule has 0 N–H and O–H groups in total. The first kappa shape index (κ1) is 20.0. The minimum atomic E-state index is -0.364. The van der Waals surface area contributed by atoms with Crippen LogP contribution in [0.15, 0.2) is 24.3 Å². The Labute approximate surface area is 163 Å². The quantitative estimate of drug-likeness (QED) is 0.507. The highest BCUT2D eigenvalue weighted by Crippen LogP contribution is 2.37. The van der Waals surface area contributed by atoms with E-state index in [0.717, 1.165) is 69.7 Å². The molecule has 0 amide bonds. The molecule has 27 heavy (non-hydrogen) atoms. The molecule has 0 aliphatic carbocycles. The van der Waals surface area contributed by atoms with E-state index in [9.17, 15) is 4.79 Å². The molecule has 0 bridgehead atoms. The molecule has 2 aliphatic heterocycles. The van der Waals surface area contributed by atoms with Gasteiger partial charge in [-0.25, -0.2) is 0 Å². The van der Waals surface area contributed by atoms with Crippen LogP contribution in [0.2, 0.25) is 0 Å². The van der Waals surface area contributed by atoms with Crippen molar-refractivity contribution in [1.29, 1.82) is 0 Å². The monoisotopic (exact) mass is 375 g/mol. The highest BCUT2D eigenvalue weighted by atomic mass is 16.6. The molecule has 0 spiro atoms. The summed E-state index contributed by atoms with van der Waals surface area (Å²) < 4.78 is 17.5. The van der Waals surface area contributed by atoms with Gasteiger partial charge in [0.2, 0.25) is 0 Å². The molecular formula is C22H33NO4. The van der Waals surface area contributed by atoms with Crippen LogP contribution < -0.4 is 9.47 Å². The van der Waals surface area contributed by atoms with Crippen LogP contribution in [0.25, 0.3) is 0 Å². The van der Waals surface area contributed by atoms with E-state index in [2.05, 4.69) is 11.8 Å². The largest absolute Gasteiger partial charge is 0.486 e. The highest BCUT2D eigenvalue weighted by molar-refractivity contribution is 5.77. The molecule has 2 aliphatic rings.